The Hall–Kier alpha value is -1.80. The summed E-state index contributed by atoms with van der Waals surface area (Å²) in [6.07, 6.45) is 0. The summed E-state index contributed by atoms with van der Waals surface area (Å²) in [5.41, 5.74) is 2.05. The monoisotopic (exact) mass is 413 g/mol. The third kappa shape index (κ3) is 3.49. The molecular weight excluding hydrogens is 394 g/mol. The van der Waals surface area contributed by atoms with Crippen LogP contribution in [0.2, 0.25) is 0 Å². The molecule has 1 amide bonds. The number of carbonyl (C=O) groups is 1. The van der Waals surface area contributed by atoms with Crippen LogP contribution in [0.3, 0.4) is 0 Å². The Balaban J connectivity index is 2.68. The molecule has 0 unspecified atom stereocenters. The van der Waals surface area contributed by atoms with E-state index in [1.54, 1.807) is 28.3 Å². The Morgan fingerprint density at radius 1 is 1.29 bits per heavy atom. The number of allylic oxidation sites excluding steroid dienone is 1. The van der Waals surface area contributed by atoms with E-state index in [0.717, 1.165) is 10.0 Å². The molecule has 1 atom stereocenters. The number of rotatable bonds is 4. The summed E-state index contributed by atoms with van der Waals surface area (Å²) in [6.45, 7) is 1.83. The highest BCUT2D eigenvalue weighted by Gasteiger charge is 2.33. The number of benzene rings is 1. The van der Waals surface area contributed by atoms with Gasteiger partial charge in [0.05, 0.1) is 25.8 Å². The van der Waals surface area contributed by atoms with Crippen LogP contribution in [0.4, 0.5) is 0 Å². The van der Waals surface area contributed by atoms with E-state index in [-0.39, 0.29) is 5.91 Å². The maximum Gasteiger partial charge on any atom is 0.253 e. The third-order valence-electron chi connectivity index (χ3n) is 3.69. The first-order chi connectivity index (χ1) is 11.3. The number of methoxy groups -OCH3 is 2. The fraction of sp³-hybridized carbons (Fsp3) is 0.375. The highest BCUT2D eigenvalue weighted by atomic mass is 79.9. The van der Waals surface area contributed by atoms with Gasteiger partial charge in [-0.25, -0.2) is 0 Å². The van der Waals surface area contributed by atoms with Crippen LogP contribution in [0.15, 0.2) is 27.9 Å². The van der Waals surface area contributed by atoms with E-state index in [2.05, 4.69) is 26.6 Å². The van der Waals surface area contributed by atoms with Crippen molar-refractivity contribution in [1.82, 2.24) is 15.5 Å². The van der Waals surface area contributed by atoms with Gasteiger partial charge in [-0.1, -0.05) is 15.9 Å². The van der Waals surface area contributed by atoms with Gasteiger partial charge in [0.1, 0.15) is 0 Å². The van der Waals surface area contributed by atoms with Gasteiger partial charge in [0.25, 0.3) is 5.91 Å². The number of carbonyl (C=O) groups excluding carboxylic acids is 1. The van der Waals surface area contributed by atoms with E-state index in [0.29, 0.717) is 27.9 Å². The van der Waals surface area contributed by atoms with E-state index >= 15 is 0 Å². The highest BCUT2D eigenvalue weighted by Crippen LogP contribution is 2.41. The maximum atomic E-state index is 12.7. The van der Waals surface area contributed by atoms with Crippen molar-refractivity contribution in [2.45, 2.75) is 13.0 Å². The first-order valence-electron chi connectivity index (χ1n) is 7.21. The molecule has 2 rings (SSSR count). The molecule has 1 aliphatic rings. The number of nitrogens with zero attached hydrogens (tertiary/aromatic N) is 1. The standard InChI is InChI=1S/C16H20BrN3O3S/c1-8-12(15(21)20(2)3)13(19-16(24)18-8)10-6-9(17)7-11(22-4)14(10)23-5/h6-7,13H,1-5H3,(H2,18,19,24)/t13-/m1/s1. The lowest BCUT2D eigenvalue weighted by atomic mass is 9.93. The minimum atomic E-state index is -0.449. The fourth-order valence-corrected chi connectivity index (χ4v) is 3.35. The molecule has 0 aromatic heterocycles. The van der Waals surface area contributed by atoms with Gasteiger partial charge in [-0.3, -0.25) is 4.79 Å². The predicted molar refractivity (Wildman–Crippen MR) is 100 cm³/mol. The van der Waals surface area contributed by atoms with E-state index in [4.69, 9.17) is 21.7 Å². The number of nitrogens with one attached hydrogen (secondary N) is 2. The van der Waals surface area contributed by atoms with E-state index in [9.17, 15) is 4.79 Å². The Kier molecular flexibility index (Phi) is 5.71. The smallest absolute Gasteiger partial charge is 0.253 e. The summed E-state index contributed by atoms with van der Waals surface area (Å²) in [5.74, 6) is 1.02. The number of likely N-dealkylation sites (N-methyl/N-ethyl adjacent to an activating group) is 1. The number of amides is 1. The SMILES string of the molecule is COc1cc(Br)cc([C@H]2NC(=S)NC(C)=C2C(=O)N(C)C)c1OC. The molecular formula is C16H20BrN3O3S. The van der Waals surface area contributed by atoms with Gasteiger partial charge in [0.2, 0.25) is 0 Å². The molecule has 130 valence electrons. The lowest BCUT2D eigenvalue weighted by Gasteiger charge is -2.32. The number of ether oxygens (including phenoxy) is 2. The second-order valence-corrected chi connectivity index (χ2v) is 6.82. The van der Waals surface area contributed by atoms with Crippen LogP contribution in [-0.4, -0.2) is 44.2 Å². The number of hydrogen-bond donors (Lipinski definition) is 2. The van der Waals surface area contributed by atoms with Crippen molar-refractivity contribution < 1.29 is 14.3 Å². The van der Waals surface area contributed by atoms with Crippen LogP contribution in [0.1, 0.15) is 18.5 Å². The molecule has 2 N–H and O–H groups in total. The first-order valence-corrected chi connectivity index (χ1v) is 8.41. The summed E-state index contributed by atoms with van der Waals surface area (Å²) in [7, 11) is 6.57. The van der Waals surface area contributed by atoms with Crippen molar-refractivity contribution in [2.75, 3.05) is 28.3 Å². The fourth-order valence-electron chi connectivity index (χ4n) is 2.62. The third-order valence-corrected chi connectivity index (χ3v) is 4.37. The lowest BCUT2D eigenvalue weighted by Crippen LogP contribution is -2.46. The predicted octanol–water partition coefficient (Wildman–Crippen LogP) is 2.35. The largest absolute Gasteiger partial charge is 0.493 e. The second kappa shape index (κ2) is 7.40. The Labute approximate surface area is 155 Å². The van der Waals surface area contributed by atoms with Crippen LogP contribution < -0.4 is 20.1 Å². The van der Waals surface area contributed by atoms with Crippen molar-refractivity contribution in [1.29, 1.82) is 0 Å². The zero-order chi connectivity index (χ0) is 18.0. The minimum absolute atomic E-state index is 0.110. The summed E-state index contributed by atoms with van der Waals surface area (Å²) in [5, 5.41) is 6.63. The van der Waals surface area contributed by atoms with Gasteiger partial charge >= 0.3 is 0 Å². The molecule has 1 aromatic carbocycles. The molecule has 1 aromatic rings. The topological polar surface area (TPSA) is 62.8 Å². The Morgan fingerprint density at radius 2 is 1.96 bits per heavy atom. The number of thiocarbonyl (C=S) groups is 1. The van der Waals surface area contributed by atoms with Gasteiger partial charge in [0, 0.05) is 29.8 Å². The summed E-state index contributed by atoms with van der Waals surface area (Å²) in [6, 6.07) is 3.25. The summed E-state index contributed by atoms with van der Waals surface area (Å²) < 4.78 is 11.8. The number of hydrogen-bond acceptors (Lipinski definition) is 4. The normalized spacial score (nSPS) is 17.1. The van der Waals surface area contributed by atoms with Crippen LogP contribution in [-0.2, 0) is 4.79 Å². The average Bonchev–Trinajstić information content (AvgIpc) is 2.52. The van der Waals surface area contributed by atoms with Gasteiger partial charge < -0.3 is 25.0 Å². The minimum Gasteiger partial charge on any atom is -0.493 e. The Morgan fingerprint density at radius 3 is 2.50 bits per heavy atom. The Bertz CT molecular complexity index is 719. The van der Waals surface area contributed by atoms with Gasteiger partial charge in [-0.15, -0.1) is 0 Å². The van der Waals surface area contributed by atoms with Gasteiger partial charge in [-0.05, 0) is 31.3 Å². The van der Waals surface area contributed by atoms with Crippen LogP contribution in [0, 0.1) is 0 Å². The van der Waals surface area contributed by atoms with E-state index in [1.165, 1.54) is 4.90 Å². The maximum absolute atomic E-state index is 12.7. The molecule has 1 heterocycles. The van der Waals surface area contributed by atoms with Crippen LogP contribution in [0.5, 0.6) is 11.5 Å². The van der Waals surface area contributed by atoms with Crippen molar-refractivity contribution in [3.05, 3.63) is 33.4 Å². The molecule has 6 nitrogen and oxygen atoms in total. The van der Waals surface area contributed by atoms with Crippen molar-refractivity contribution in [3.63, 3.8) is 0 Å². The van der Waals surface area contributed by atoms with Gasteiger partial charge in [-0.2, -0.15) is 0 Å². The zero-order valence-corrected chi connectivity index (χ0v) is 16.6. The molecule has 0 bridgehead atoms. The molecule has 0 saturated heterocycles. The molecule has 0 aliphatic carbocycles. The van der Waals surface area contributed by atoms with Crippen molar-refractivity contribution >= 4 is 39.2 Å². The molecule has 0 radical (unpaired) electrons. The molecule has 0 saturated carbocycles. The summed E-state index contributed by atoms with van der Waals surface area (Å²) in [4.78, 5) is 14.2. The lowest BCUT2D eigenvalue weighted by molar-refractivity contribution is -0.125. The highest BCUT2D eigenvalue weighted by molar-refractivity contribution is 9.10. The van der Waals surface area contributed by atoms with E-state index in [1.807, 2.05) is 19.1 Å². The quantitative estimate of drug-likeness (QED) is 0.738. The molecule has 1 aliphatic heterocycles. The van der Waals surface area contributed by atoms with Crippen molar-refractivity contribution in [3.8, 4) is 11.5 Å². The first kappa shape index (κ1) is 18.5. The molecule has 0 fully saturated rings. The molecule has 24 heavy (non-hydrogen) atoms. The van der Waals surface area contributed by atoms with Crippen molar-refractivity contribution in [2.24, 2.45) is 0 Å². The number of halogens is 1. The zero-order valence-electron chi connectivity index (χ0n) is 14.2. The summed E-state index contributed by atoms with van der Waals surface area (Å²) >= 11 is 8.75. The van der Waals surface area contributed by atoms with Crippen LogP contribution in [0.25, 0.3) is 0 Å². The molecule has 8 heteroatoms. The van der Waals surface area contributed by atoms with E-state index < -0.39 is 6.04 Å². The average molecular weight is 414 g/mol. The van der Waals surface area contributed by atoms with Gasteiger partial charge in [0.15, 0.2) is 16.6 Å². The van der Waals surface area contributed by atoms with Crippen LogP contribution >= 0.6 is 28.1 Å². The molecule has 0 spiro atoms. The second-order valence-electron chi connectivity index (χ2n) is 5.50.